The Morgan fingerprint density at radius 3 is 1.79 bits per heavy atom. The largest absolute Gasteiger partial charge is 0.488 e. The molecular weight excluding hydrogens is 433 g/mol. The molecule has 1 aromatic heterocycles. The summed E-state index contributed by atoms with van der Waals surface area (Å²) in [5, 5.41) is 5.24. The monoisotopic (exact) mass is 463 g/mol. The Morgan fingerprint density at radius 2 is 1.24 bits per heavy atom. The van der Waals surface area contributed by atoms with E-state index in [-0.39, 0.29) is 6.10 Å². The van der Waals surface area contributed by atoms with Crippen LogP contribution in [0.25, 0.3) is 22.2 Å². The maximum atomic E-state index is 6.38. The second kappa shape index (κ2) is 9.49. The average Bonchev–Trinajstić information content (AvgIpc) is 3.22. The normalized spacial score (nSPS) is 11.5. The first kappa shape index (κ1) is 22.4. The van der Waals surface area contributed by atoms with Crippen LogP contribution in [0.4, 0.5) is 0 Å². The van der Waals surface area contributed by atoms with Gasteiger partial charge in [0.05, 0.1) is 11.8 Å². The van der Waals surface area contributed by atoms with Gasteiger partial charge in [0.1, 0.15) is 0 Å². The van der Waals surface area contributed by atoms with E-state index in [1.165, 1.54) is 32.4 Å². The van der Waals surface area contributed by atoms with Gasteiger partial charge in [0.15, 0.2) is 5.75 Å². The van der Waals surface area contributed by atoms with E-state index in [1.54, 1.807) is 0 Å². The number of hydrogen-bond donors (Lipinski definition) is 1. The van der Waals surface area contributed by atoms with Crippen molar-refractivity contribution in [2.24, 2.45) is 0 Å². The highest BCUT2D eigenvalue weighted by Crippen LogP contribution is 2.41. The SMILES string of the molecule is Cc1ccc2[nH]c(-c3ccc(P(c4ccccc4)c4ccccc4)cc3)c(OC(C)C)c2c1C. The summed E-state index contributed by atoms with van der Waals surface area (Å²) in [5.74, 6) is 0.951. The number of ether oxygens (including phenoxy) is 1. The molecule has 5 rings (SSSR count). The van der Waals surface area contributed by atoms with Gasteiger partial charge in [-0.25, -0.2) is 0 Å². The van der Waals surface area contributed by atoms with Gasteiger partial charge in [-0.2, -0.15) is 0 Å². The Morgan fingerprint density at radius 1 is 0.676 bits per heavy atom. The number of H-pyrrole nitrogens is 1. The zero-order chi connectivity index (χ0) is 23.7. The minimum atomic E-state index is -0.619. The van der Waals surface area contributed by atoms with Crippen LogP contribution in [0.5, 0.6) is 5.75 Å². The molecule has 0 amide bonds. The Balaban J connectivity index is 1.61. The number of rotatable bonds is 6. The summed E-state index contributed by atoms with van der Waals surface area (Å²) in [6, 6.07) is 35.0. The molecule has 0 aliphatic rings. The summed E-state index contributed by atoms with van der Waals surface area (Å²) in [6.07, 6.45) is 0.0981. The molecule has 0 aliphatic carbocycles. The lowest BCUT2D eigenvalue weighted by atomic mass is 10.0. The molecule has 1 heterocycles. The average molecular weight is 464 g/mol. The fourth-order valence-electron chi connectivity index (χ4n) is 4.46. The number of fused-ring (bicyclic) bond motifs is 1. The highest BCUT2D eigenvalue weighted by atomic mass is 31.1. The van der Waals surface area contributed by atoms with Crippen LogP contribution < -0.4 is 20.7 Å². The van der Waals surface area contributed by atoms with Crippen molar-refractivity contribution in [2.75, 3.05) is 0 Å². The zero-order valence-electron chi connectivity index (χ0n) is 20.2. The first-order valence-electron chi connectivity index (χ1n) is 11.8. The van der Waals surface area contributed by atoms with E-state index in [0.29, 0.717) is 0 Å². The van der Waals surface area contributed by atoms with Crippen molar-refractivity contribution >= 4 is 34.7 Å². The van der Waals surface area contributed by atoms with Crippen molar-refractivity contribution in [3.05, 3.63) is 108 Å². The van der Waals surface area contributed by atoms with Crippen LogP contribution in [0.1, 0.15) is 25.0 Å². The van der Waals surface area contributed by atoms with Gasteiger partial charge >= 0.3 is 0 Å². The van der Waals surface area contributed by atoms with Crippen LogP contribution in [0.2, 0.25) is 0 Å². The summed E-state index contributed by atoms with van der Waals surface area (Å²) in [4.78, 5) is 3.65. The van der Waals surface area contributed by atoms with Crippen molar-refractivity contribution in [1.82, 2.24) is 4.98 Å². The topological polar surface area (TPSA) is 25.0 Å². The number of aromatic amines is 1. The van der Waals surface area contributed by atoms with Crippen LogP contribution in [-0.2, 0) is 0 Å². The molecule has 2 nitrogen and oxygen atoms in total. The van der Waals surface area contributed by atoms with Crippen molar-refractivity contribution in [1.29, 1.82) is 0 Å². The Kier molecular flexibility index (Phi) is 6.26. The van der Waals surface area contributed by atoms with E-state index in [2.05, 4.69) is 130 Å². The molecule has 0 unspecified atom stereocenters. The zero-order valence-corrected chi connectivity index (χ0v) is 21.1. The van der Waals surface area contributed by atoms with Crippen molar-refractivity contribution < 1.29 is 4.74 Å². The molecule has 0 radical (unpaired) electrons. The first-order chi connectivity index (χ1) is 16.5. The molecule has 0 atom stereocenters. The molecule has 34 heavy (non-hydrogen) atoms. The van der Waals surface area contributed by atoms with Gasteiger partial charge in [-0.15, -0.1) is 0 Å². The van der Waals surface area contributed by atoms with Crippen molar-refractivity contribution in [2.45, 2.75) is 33.8 Å². The lowest BCUT2D eigenvalue weighted by molar-refractivity contribution is 0.246. The van der Waals surface area contributed by atoms with E-state index in [0.717, 1.165) is 22.5 Å². The van der Waals surface area contributed by atoms with Crippen molar-refractivity contribution in [3.63, 3.8) is 0 Å². The quantitative estimate of drug-likeness (QED) is 0.270. The standard InChI is InChI=1S/C31H30NOP/c1-21(2)33-31-29-23(4)22(3)15-20-28(29)32-30(31)24-16-18-27(19-17-24)34(25-11-7-5-8-12-25)26-13-9-6-10-14-26/h5-21,32H,1-4H3. The molecule has 0 aliphatic heterocycles. The minimum absolute atomic E-state index is 0.0981. The number of benzene rings is 4. The smallest absolute Gasteiger partial charge is 0.153 e. The van der Waals surface area contributed by atoms with Crippen LogP contribution >= 0.6 is 7.92 Å². The molecule has 0 saturated heterocycles. The predicted octanol–water partition coefficient (Wildman–Crippen LogP) is 7.00. The lowest BCUT2D eigenvalue weighted by Crippen LogP contribution is -2.20. The molecule has 3 heteroatoms. The van der Waals surface area contributed by atoms with Crippen LogP contribution in [-0.4, -0.2) is 11.1 Å². The highest BCUT2D eigenvalue weighted by Gasteiger charge is 2.20. The highest BCUT2D eigenvalue weighted by molar-refractivity contribution is 7.79. The summed E-state index contributed by atoms with van der Waals surface area (Å²) < 4.78 is 6.38. The Hall–Kier alpha value is -3.35. The van der Waals surface area contributed by atoms with Gasteiger partial charge in [0.25, 0.3) is 0 Å². The predicted molar refractivity (Wildman–Crippen MR) is 148 cm³/mol. The number of aromatic nitrogens is 1. The molecular formula is C31H30NOP. The van der Waals surface area contributed by atoms with E-state index in [1.807, 2.05) is 0 Å². The second-order valence-electron chi connectivity index (χ2n) is 8.98. The molecule has 0 bridgehead atoms. The van der Waals surface area contributed by atoms with E-state index < -0.39 is 7.92 Å². The molecule has 0 spiro atoms. The van der Waals surface area contributed by atoms with Gasteiger partial charge in [-0.3, -0.25) is 0 Å². The fraction of sp³-hybridized carbons (Fsp3) is 0.161. The maximum Gasteiger partial charge on any atom is 0.153 e. The van der Waals surface area contributed by atoms with Crippen LogP contribution in [0.15, 0.2) is 97.1 Å². The van der Waals surface area contributed by atoms with E-state index in [9.17, 15) is 0 Å². The van der Waals surface area contributed by atoms with Gasteiger partial charge < -0.3 is 9.72 Å². The number of nitrogens with one attached hydrogen (secondary N) is 1. The minimum Gasteiger partial charge on any atom is -0.488 e. The molecule has 4 aromatic carbocycles. The number of hydrogen-bond acceptors (Lipinski definition) is 1. The summed E-state index contributed by atoms with van der Waals surface area (Å²) in [6.45, 7) is 8.51. The van der Waals surface area contributed by atoms with E-state index >= 15 is 0 Å². The van der Waals surface area contributed by atoms with Gasteiger partial charge in [-0.05, 0) is 68.7 Å². The van der Waals surface area contributed by atoms with Crippen LogP contribution in [0.3, 0.4) is 0 Å². The third-order valence-corrected chi connectivity index (χ3v) is 8.69. The summed E-state index contributed by atoms with van der Waals surface area (Å²) in [5.41, 5.74) is 5.85. The van der Waals surface area contributed by atoms with Gasteiger partial charge in [-0.1, -0.05) is 91.0 Å². The third kappa shape index (κ3) is 4.27. The van der Waals surface area contributed by atoms with Gasteiger partial charge in [0, 0.05) is 16.5 Å². The molecule has 170 valence electrons. The fourth-order valence-corrected chi connectivity index (χ4v) is 6.75. The molecule has 0 fully saturated rings. The maximum absolute atomic E-state index is 6.38. The van der Waals surface area contributed by atoms with Gasteiger partial charge in [0.2, 0.25) is 0 Å². The van der Waals surface area contributed by atoms with Crippen LogP contribution in [0, 0.1) is 13.8 Å². The molecule has 0 saturated carbocycles. The summed E-state index contributed by atoms with van der Waals surface area (Å²) >= 11 is 0. The van der Waals surface area contributed by atoms with E-state index in [4.69, 9.17) is 4.74 Å². The Labute approximate surface area is 203 Å². The first-order valence-corrected chi connectivity index (χ1v) is 13.2. The Bertz CT molecular complexity index is 1360. The number of aryl methyl sites for hydroxylation is 2. The third-order valence-electron chi connectivity index (χ3n) is 6.25. The lowest BCUT2D eigenvalue weighted by Gasteiger charge is -2.19. The summed E-state index contributed by atoms with van der Waals surface area (Å²) in [7, 11) is -0.619. The molecule has 1 N–H and O–H groups in total. The molecule has 5 aromatic rings. The second-order valence-corrected chi connectivity index (χ2v) is 11.2. The van der Waals surface area contributed by atoms with Crippen molar-refractivity contribution in [3.8, 4) is 17.0 Å².